The van der Waals surface area contributed by atoms with E-state index in [1.54, 1.807) is 38.1 Å². The SMILES string of the molecule is CC[C@@]1(C)NC(=O)N(CC(=O)N2C[C@@H](C(N)=O)Oc3ccccc32)C1=O. The van der Waals surface area contributed by atoms with E-state index < -0.39 is 41.9 Å². The zero-order valence-electron chi connectivity index (χ0n) is 14.5. The van der Waals surface area contributed by atoms with Gasteiger partial charge in [0.05, 0.1) is 12.2 Å². The fourth-order valence-corrected chi connectivity index (χ4v) is 2.97. The van der Waals surface area contributed by atoms with Crippen molar-refractivity contribution in [2.75, 3.05) is 18.0 Å². The van der Waals surface area contributed by atoms with Crippen LogP contribution in [0, 0.1) is 0 Å². The summed E-state index contributed by atoms with van der Waals surface area (Å²) in [6.45, 7) is 2.88. The number of para-hydroxylation sites is 2. The second kappa shape index (κ2) is 6.32. The highest BCUT2D eigenvalue weighted by Gasteiger charge is 2.47. The lowest BCUT2D eigenvalue weighted by Crippen LogP contribution is -2.52. The average molecular weight is 360 g/mol. The van der Waals surface area contributed by atoms with Crippen LogP contribution in [0.25, 0.3) is 0 Å². The minimum atomic E-state index is -1.02. The maximum Gasteiger partial charge on any atom is 0.325 e. The Morgan fingerprint density at radius 1 is 1.35 bits per heavy atom. The first-order chi connectivity index (χ1) is 12.3. The second-order valence-corrected chi connectivity index (χ2v) is 6.49. The normalized spacial score (nSPS) is 24.8. The van der Waals surface area contributed by atoms with Crippen LogP contribution in [-0.2, 0) is 14.4 Å². The highest BCUT2D eigenvalue weighted by molar-refractivity contribution is 6.10. The van der Waals surface area contributed by atoms with E-state index in [9.17, 15) is 19.2 Å². The first kappa shape index (κ1) is 17.7. The predicted octanol–water partition coefficient (Wildman–Crippen LogP) is -0.0136. The van der Waals surface area contributed by atoms with Crippen molar-refractivity contribution >= 4 is 29.4 Å². The third-order valence-corrected chi connectivity index (χ3v) is 4.74. The summed E-state index contributed by atoms with van der Waals surface area (Å²) in [5.74, 6) is -1.32. The van der Waals surface area contributed by atoms with Crippen LogP contribution in [0.3, 0.4) is 0 Å². The van der Waals surface area contributed by atoms with Crippen LogP contribution in [-0.4, -0.2) is 53.4 Å². The van der Waals surface area contributed by atoms with Gasteiger partial charge in [-0.3, -0.25) is 19.3 Å². The topological polar surface area (TPSA) is 122 Å². The molecule has 1 aromatic carbocycles. The maximum atomic E-state index is 12.8. The number of imide groups is 1. The number of nitrogens with zero attached hydrogens (tertiary/aromatic N) is 2. The molecule has 1 aromatic rings. The van der Waals surface area contributed by atoms with Gasteiger partial charge in [0.15, 0.2) is 6.10 Å². The van der Waals surface area contributed by atoms with E-state index in [0.717, 1.165) is 4.90 Å². The number of nitrogens with two attached hydrogens (primary N) is 1. The quantitative estimate of drug-likeness (QED) is 0.731. The molecule has 9 heteroatoms. The standard InChI is InChI=1S/C17H20N4O5/c1-3-17(2)15(24)21(16(25)19-17)9-13(22)20-8-12(14(18)23)26-11-7-5-4-6-10(11)20/h4-7,12H,3,8-9H2,1-2H3,(H2,18,23)(H,19,25)/t12-,17+/m0/s1. The number of nitrogens with one attached hydrogen (secondary N) is 1. The molecule has 0 radical (unpaired) electrons. The fraction of sp³-hybridized carbons (Fsp3) is 0.412. The molecule has 26 heavy (non-hydrogen) atoms. The Morgan fingerprint density at radius 3 is 2.65 bits per heavy atom. The van der Waals surface area contributed by atoms with E-state index in [1.165, 1.54) is 4.90 Å². The molecule has 2 atom stereocenters. The highest BCUT2D eigenvalue weighted by Crippen LogP contribution is 2.33. The lowest BCUT2D eigenvalue weighted by molar-refractivity contribution is -0.134. The van der Waals surface area contributed by atoms with Crippen LogP contribution in [0.5, 0.6) is 5.75 Å². The van der Waals surface area contributed by atoms with Crippen LogP contribution < -0.4 is 20.7 Å². The molecule has 0 saturated carbocycles. The lowest BCUT2D eigenvalue weighted by Gasteiger charge is -2.34. The van der Waals surface area contributed by atoms with Crippen molar-refractivity contribution in [3.05, 3.63) is 24.3 Å². The Hall–Kier alpha value is -3.10. The number of ether oxygens (including phenoxy) is 1. The molecule has 2 heterocycles. The van der Waals surface area contributed by atoms with Crippen molar-refractivity contribution in [1.29, 1.82) is 0 Å². The molecule has 1 saturated heterocycles. The summed E-state index contributed by atoms with van der Waals surface area (Å²) >= 11 is 0. The van der Waals surface area contributed by atoms with E-state index in [0.29, 0.717) is 17.9 Å². The smallest absolute Gasteiger partial charge is 0.325 e. The average Bonchev–Trinajstić information content (AvgIpc) is 2.84. The first-order valence-corrected chi connectivity index (χ1v) is 8.26. The summed E-state index contributed by atoms with van der Waals surface area (Å²) in [6, 6.07) is 6.09. The number of primary amides is 1. The summed E-state index contributed by atoms with van der Waals surface area (Å²) in [5.41, 5.74) is 4.76. The number of carbonyl (C=O) groups is 4. The van der Waals surface area contributed by atoms with Crippen LogP contribution in [0.15, 0.2) is 24.3 Å². The predicted molar refractivity (Wildman–Crippen MR) is 91.3 cm³/mol. The third-order valence-electron chi connectivity index (χ3n) is 4.74. The Bertz CT molecular complexity index is 795. The molecule has 0 unspecified atom stereocenters. The van der Waals surface area contributed by atoms with Gasteiger partial charge in [-0.05, 0) is 25.5 Å². The number of hydrogen-bond donors (Lipinski definition) is 2. The molecular weight excluding hydrogens is 340 g/mol. The monoisotopic (exact) mass is 360 g/mol. The molecule has 3 N–H and O–H groups in total. The number of hydrogen-bond acceptors (Lipinski definition) is 5. The molecule has 9 nitrogen and oxygen atoms in total. The lowest BCUT2D eigenvalue weighted by atomic mass is 9.99. The van der Waals surface area contributed by atoms with Crippen molar-refractivity contribution in [2.24, 2.45) is 5.73 Å². The van der Waals surface area contributed by atoms with Gasteiger partial charge in [-0.15, -0.1) is 0 Å². The molecule has 0 aliphatic carbocycles. The van der Waals surface area contributed by atoms with E-state index in [-0.39, 0.29) is 6.54 Å². The molecule has 138 valence electrons. The maximum absolute atomic E-state index is 12.8. The van der Waals surface area contributed by atoms with Gasteiger partial charge in [0, 0.05) is 0 Å². The van der Waals surface area contributed by atoms with Gasteiger partial charge in [-0.2, -0.15) is 0 Å². The summed E-state index contributed by atoms with van der Waals surface area (Å²) in [7, 11) is 0. The van der Waals surface area contributed by atoms with Crippen molar-refractivity contribution < 1.29 is 23.9 Å². The zero-order valence-corrected chi connectivity index (χ0v) is 14.5. The van der Waals surface area contributed by atoms with Crippen LogP contribution in [0.1, 0.15) is 20.3 Å². The Balaban J connectivity index is 1.84. The van der Waals surface area contributed by atoms with Gasteiger partial charge in [-0.25, -0.2) is 4.79 Å². The summed E-state index contributed by atoms with van der Waals surface area (Å²) in [4.78, 5) is 51.2. The van der Waals surface area contributed by atoms with Crippen LogP contribution in [0.2, 0.25) is 0 Å². The van der Waals surface area contributed by atoms with E-state index in [2.05, 4.69) is 5.32 Å². The van der Waals surface area contributed by atoms with Crippen molar-refractivity contribution in [1.82, 2.24) is 10.2 Å². The molecule has 0 bridgehead atoms. The molecule has 5 amide bonds. The van der Waals surface area contributed by atoms with Gasteiger partial charge in [0.2, 0.25) is 5.91 Å². The van der Waals surface area contributed by atoms with E-state index >= 15 is 0 Å². The van der Waals surface area contributed by atoms with Crippen molar-refractivity contribution in [2.45, 2.75) is 31.9 Å². The van der Waals surface area contributed by atoms with Gasteiger partial charge >= 0.3 is 6.03 Å². The number of carbonyl (C=O) groups excluding carboxylic acids is 4. The third kappa shape index (κ3) is 2.85. The number of anilines is 1. The van der Waals surface area contributed by atoms with Gasteiger partial charge < -0.3 is 20.7 Å². The summed E-state index contributed by atoms with van der Waals surface area (Å²) in [5, 5.41) is 2.60. The van der Waals surface area contributed by atoms with Gasteiger partial charge in [0.1, 0.15) is 17.8 Å². The number of amides is 5. The molecule has 0 aromatic heterocycles. The molecular formula is C17H20N4O5. The van der Waals surface area contributed by atoms with Gasteiger partial charge in [-0.1, -0.05) is 19.1 Å². The van der Waals surface area contributed by atoms with Gasteiger partial charge in [0.25, 0.3) is 11.8 Å². The largest absolute Gasteiger partial charge is 0.477 e. The van der Waals surface area contributed by atoms with E-state index in [4.69, 9.17) is 10.5 Å². The number of benzene rings is 1. The minimum Gasteiger partial charge on any atom is -0.477 e. The van der Waals surface area contributed by atoms with Crippen LogP contribution in [0.4, 0.5) is 10.5 Å². The first-order valence-electron chi connectivity index (χ1n) is 8.26. The second-order valence-electron chi connectivity index (χ2n) is 6.49. The Kier molecular flexibility index (Phi) is 4.31. The molecule has 2 aliphatic heterocycles. The zero-order chi connectivity index (χ0) is 19.1. The highest BCUT2D eigenvalue weighted by atomic mass is 16.5. The summed E-state index contributed by atoms with van der Waals surface area (Å²) < 4.78 is 5.51. The van der Waals surface area contributed by atoms with Crippen molar-refractivity contribution in [3.63, 3.8) is 0 Å². The number of rotatable bonds is 4. The molecule has 2 aliphatic rings. The van der Waals surface area contributed by atoms with E-state index in [1.807, 2.05) is 0 Å². The fourth-order valence-electron chi connectivity index (χ4n) is 2.97. The van der Waals surface area contributed by atoms with Crippen molar-refractivity contribution in [3.8, 4) is 5.75 Å². The molecule has 0 spiro atoms. The summed E-state index contributed by atoms with van der Waals surface area (Å²) in [6.07, 6.45) is -0.593. The number of urea groups is 1. The molecule has 3 rings (SSSR count). The minimum absolute atomic E-state index is 0.0835. The number of fused-ring (bicyclic) bond motifs is 1. The molecule has 1 fully saturated rings. The Labute approximate surface area is 150 Å². The van der Waals surface area contributed by atoms with Crippen LogP contribution >= 0.6 is 0 Å². The Morgan fingerprint density at radius 2 is 2.04 bits per heavy atom.